The third-order valence-electron chi connectivity index (χ3n) is 10.6. The minimum absolute atomic E-state index is 0.0302. The molecule has 2 aromatic carbocycles. The number of hydrogen-bond donors (Lipinski definition) is 1. The molecule has 1 heterocycles. The van der Waals surface area contributed by atoms with Crippen LogP contribution in [0.4, 0.5) is 0 Å². The number of pyridine rings is 1. The van der Waals surface area contributed by atoms with Gasteiger partial charge in [-0.15, -0.1) is 0 Å². The Bertz CT molecular complexity index is 1410. The first kappa shape index (κ1) is 28.3. The summed E-state index contributed by atoms with van der Waals surface area (Å²) in [6, 6.07) is 18.7. The van der Waals surface area contributed by atoms with Crippen molar-refractivity contribution in [2.45, 2.75) is 89.4 Å². The Morgan fingerprint density at radius 2 is 1.93 bits per heavy atom. The first-order valence-corrected chi connectivity index (χ1v) is 15.8. The number of aryl methyl sites for hydroxylation is 1. The van der Waals surface area contributed by atoms with E-state index < -0.39 is 11.4 Å². The molecule has 6 rings (SSSR count). The Hall–Kier alpha value is -2.85. The number of nitrogens with zero attached hydrogens (tertiary/aromatic N) is 1. The summed E-state index contributed by atoms with van der Waals surface area (Å²) >= 11 is 6.26. The molecule has 0 aliphatic heterocycles. The van der Waals surface area contributed by atoms with E-state index in [0.29, 0.717) is 48.6 Å². The summed E-state index contributed by atoms with van der Waals surface area (Å²) in [7, 11) is 0. The van der Waals surface area contributed by atoms with Gasteiger partial charge in [0, 0.05) is 22.5 Å². The Morgan fingerprint density at radius 3 is 2.71 bits per heavy atom. The van der Waals surface area contributed by atoms with Crippen molar-refractivity contribution in [1.29, 1.82) is 0 Å². The van der Waals surface area contributed by atoms with Crippen LogP contribution in [0.3, 0.4) is 0 Å². The highest BCUT2D eigenvalue weighted by Crippen LogP contribution is 2.58. The number of carboxylic acid groups (broad SMARTS) is 1. The maximum absolute atomic E-state index is 12.8. The maximum atomic E-state index is 12.8. The van der Waals surface area contributed by atoms with Crippen LogP contribution in [-0.2, 0) is 29.5 Å². The summed E-state index contributed by atoms with van der Waals surface area (Å²) in [5.41, 5.74) is 5.72. The zero-order valence-electron chi connectivity index (χ0n) is 24.4. The molecule has 4 nitrogen and oxygen atoms in total. The van der Waals surface area contributed by atoms with E-state index in [1.807, 2.05) is 36.5 Å². The number of rotatable bonds is 8. The highest BCUT2D eigenvalue weighted by Gasteiger charge is 2.53. The van der Waals surface area contributed by atoms with E-state index in [4.69, 9.17) is 16.3 Å². The third-order valence-corrected chi connectivity index (χ3v) is 10.8. The van der Waals surface area contributed by atoms with Gasteiger partial charge in [-0.2, -0.15) is 0 Å². The number of benzene rings is 2. The van der Waals surface area contributed by atoms with Gasteiger partial charge in [-0.25, -0.2) is 0 Å². The highest BCUT2D eigenvalue weighted by atomic mass is 35.5. The first-order valence-electron chi connectivity index (χ1n) is 15.5. The van der Waals surface area contributed by atoms with Crippen LogP contribution >= 0.6 is 11.6 Å². The van der Waals surface area contributed by atoms with Gasteiger partial charge in [0.05, 0.1) is 12.0 Å². The van der Waals surface area contributed by atoms with E-state index in [1.165, 1.54) is 35.2 Å². The molecule has 1 saturated carbocycles. The Balaban J connectivity index is 1.19. The molecule has 1 aromatic heterocycles. The van der Waals surface area contributed by atoms with Gasteiger partial charge < -0.3 is 9.84 Å². The number of ether oxygens (including phenoxy) is 1. The summed E-state index contributed by atoms with van der Waals surface area (Å²) < 4.78 is 6.51. The van der Waals surface area contributed by atoms with Crippen LogP contribution in [0.2, 0.25) is 5.02 Å². The van der Waals surface area contributed by atoms with Crippen molar-refractivity contribution in [3.8, 4) is 5.75 Å². The largest absolute Gasteiger partial charge is 0.493 e. The lowest BCUT2D eigenvalue weighted by atomic mass is 9.56. The van der Waals surface area contributed by atoms with Gasteiger partial charge in [-0.3, -0.25) is 9.78 Å². The highest BCUT2D eigenvalue weighted by molar-refractivity contribution is 6.30. The van der Waals surface area contributed by atoms with E-state index in [2.05, 4.69) is 43.1 Å². The summed E-state index contributed by atoms with van der Waals surface area (Å²) in [5.74, 6) is 1.72. The lowest BCUT2D eigenvalue weighted by Crippen LogP contribution is -2.45. The molecule has 216 valence electrons. The fraction of sp³-hybridized carbons (Fsp3) is 0.500. The molecule has 5 heteroatoms. The first-order chi connectivity index (χ1) is 19.8. The quantitative estimate of drug-likeness (QED) is 0.294. The van der Waals surface area contributed by atoms with Crippen LogP contribution in [0.5, 0.6) is 5.75 Å². The van der Waals surface area contributed by atoms with Crippen LogP contribution in [0.1, 0.15) is 92.7 Å². The van der Waals surface area contributed by atoms with Gasteiger partial charge in [-0.1, -0.05) is 61.8 Å². The van der Waals surface area contributed by atoms with Crippen molar-refractivity contribution in [3.05, 3.63) is 93.8 Å². The summed E-state index contributed by atoms with van der Waals surface area (Å²) in [6.45, 7) is 5.30. The van der Waals surface area contributed by atoms with Crippen LogP contribution in [-0.4, -0.2) is 22.7 Å². The summed E-state index contributed by atoms with van der Waals surface area (Å²) in [5, 5.41) is 11.1. The van der Waals surface area contributed by atoms with Gasteiger partial charge in [0.15, 0.2) is 0 Å². The molecule has 3 aliphatic rings. The summed E-state index contributed by atoms with van der Waals surface area (Å²) in [4.78, 5) is 17.4. The molecular formula is C36H42ClNO3. The van der Waals surface area contributed by atoms with Crippen LogP contribution < -0.4 is 4.74 Å². The van der Waals surface area contributed by atoms with E-state index in [1.54, 1.807) is 0 Å². The number of halogens is 1. The number of aliphatic carboxylic acids is 1. The van der Waals surface area contributed by atoms with E-state index in [9.17, 15) is 9.90 Å². The molecule has 0 bridgehead atoms. The molecule has 0 radical (unpaired) electrons. The fourth-order valence-electron chi connectivity index (χ4n) is 8.38. The predicted octanol–water partition coefficient (Wildman–Crippen LogP) is 8.58. The molecule has 41 heavy (non-hydrogen) atoms. The second-order valence-corrected chi connectivity index (χ2v) is 13.7. The average molecular weight is 572 g/mol. The van der Waals surface area contributed by atoms with Crippen LogP contribution in [0.25, 0.3) is 0 Å². The topological polar surface area (TPSA) is 59.4 Å². The monoisotopic (exact) mass is 571 g/mol. The number of fused-ring (bicyclic) bond motifs is 3. The van der Waals surface area contributed by atoms with Gasteiger partial charge in [0.2, 0.25) is 0 Å². The SMILES string of the molecule is C[C@@H](COc1ccnc2c1[C@@H](C)CCC2)CC1Cc2ccccc2C12CCC(Cc1cccc(Cl)c1)(C(=O)O)CC2. The van der Waals surface area contributed by atoms with Gasteiger partial charge in [0.25, 0.3) is 0 Å². The second kappa shape index (κ2) is 11.4. The fourth-order valence-corrected chi connectivity index (χ4v) is 8.60. The molecule has 1 unspecified atom stereocenters. The van der Waals surface area contributed by atoms with Crippen molar-refractivity contribution in [3.63, 3.8) is 0 Å². The Labute approximate surface area is 249 Å². The number of carboxylic acids is 1. The van der Waals surface area contributed by atoms with Crippen molar-refractivity contribution < 1.29 is 14.6 Å². The van der Waals surface area contributed by atoms with Crippen molar-refractivity contribution in [1.82, 2.24) is 4.98 Å². The molecular weight excluding hydrogens is 530 g/mol. The van der Waals surface area contributed by atoms with Gasteiger partial charge in [0.1, 0.15) is 5.75 Å². The van der Waals surface area contributed by atoms with Gasteiger partial charge >= 0.3 is 5.97 Å². The minimum atomic E-state index is -0.746. The number of aromatic nitrogens is 1. The maximum Gasteiger partial charge on any atom is 0.309 e. The molecule has 0 saturated heterocycles. The van der Waals surface area contributed by atoms with Crippen LogP contribution in [0.15, 0.2) is 60.8 Å². The second-order valence-electron chi connectivity index (χ2n) is 13.2. The molecule has 1 N–H and O–H groups in total. The molecule has 3 atom stereocenters. The van der Waals surface area contributed by atoms with E-state index in [-0.39, 0.29) is 5.41 Å². The smallest absolute Gasteiger partial charge is 0.309 e. The lowest BCUT2D eigenvalue weighted by molar-refractivity contribution is -0.152. The van der Waals surface area contributed by atoms with Crippen LogP contribution in [0, 0.1) is 17.3 Å². The molecule has 0 amide bonds. The molecule has 1 spiro atoms. The lowest BCUT2D eigenvalue weighted by Gasteiger charge is -2.47. The van der Waals surface area contributed by atoms with Crippen molar-refractivity contribution >= 4 is 17.6 Å². The van der Waals surface area contributed by atoms with E-state index >= 15 is 0 Å². The van der Waals surface area contributed by atoms with Gasteiger partial charge in [-0.05, 0) is 122 Å². The van der Waals surface area contributed by atoms with E-state index in [0.717, 1.165) is 43.4 Å². The zero-order chi connectivity index (χ0) is 28.6. The predicted molar refractivity (Wildman–Crippen MR) is 164 cm³/mol. The number of hydrogen-bond acceptors (Lipinski definition) is 3. The Morgan fingerprint density at radius 1 is 1.12 bits per heavy atom. The summed E-state index contributed by atoms with van der Waals surface area (Å²) in [6.07, 6.45) is 11.2. The zero-order valence-corrected chi connectivity index (χ0v) is 25.1. The molecule has 3 aliphatic carbocycles. The Kier molecular flexibility index (Phi) is 7.89. The molecule has 3 aromatic rings. The van der Waals surface area contributed by atoms with Crippen molar-refractivity contribution in [2.24, 2.45) is 17.3 Å². The number of carbonyl (C=O) groups is 1. The normalized spacial score (nSPS) is 27.7. The standard InChI is InChI=1S/C36H42ClNO3/c1-24(23-41-32-13-18-38-31-12-5-7-25(2)33(31)32)19-28-21-27-9-3-4-11-30(27)36(28)16-14-35(15-17-36,34(39)40)22-26-8-6-10-29(37)20-26/h3-4,6,8-11,13,18,20,24-25,28H,5,7,12,14-17,19,21-23H2,1-2H3,(H,39,40)/t24-,25+,28?,35?,36?/m1/s1. The molecule has 1 fully saturated rings. The average Bonchev–Trinajstić information content (AvgIpc) is 3.25. The van der Waals surface area contributed by atoms with Crippen molar-refractivity contribution in [2.75, 3.05) is 6.61 Å². The minimum Gasteiger partial charge on any atom is -0.493 e. The third kappa shape index (κ3) is 5.41.